The monoisotopic (exact) mass is 383 g/mol. The van der Waals surface area contributed by atoms with Gasteiger partial charge in [-0.1, -0.05) is 20.8 Å². The Morgan fingerprint density at radius 2 is 1.68 bits per heavy atom. The fourth-order valence-electron chi connectivity index (χ4n) is 5.51. The molecule has 2 aliphatic rings. The second-order valence-corrected chi connectivity index (χ2v) is 9.94. The van der Waals surface area contributed by atoms with E-state index in [2.05, 4.69) is 30.2 Å². The highest BCUT2D eigenvalue weighted by atomic mass is 19.1. The molecule has 2 heterocycles. The lowest BCUT2D eigenvalue weighted by atomic mass is 9.71. The molecule has 4 rings (SSSR count). The molecule has 1 aliphatic carbocycles. The van der Waals surface area contributed by atoms with Crippen LogP contribution in [0.15, 0.2) is 24.4 Å². The van der Waals surface area contributed by atoms with Gasteiger partial charge in [0.05, 0.1) is 0 Å². The van der Waals surface area contributed by atoms with E-state index >= 15 is 0 Å². The lowest BCUT2D eigenvalue weighted by Crippen LogP contribution is -2.44. The van der Waals surface area contributed by atoms with Crippen LogP contribution in [-0.2, 0) is 0 Å². The zero-order chi connectivity index (χ0) is 19.9. The Hall–Kier alpha value is -1.68. The van der Waals surface area contributed by atoms with E-state index in [0.717, 1.165) is 54.4 Å². The number of rotatable bonds is 3. The second-order valence-electron chi connectivity index (χ2n) is 9.94. The first-order valence-electron chi connectivity index (χ1n) is 10.9. The van der Waals surface area contributed by atoms with Crippen LogP contribution in [0.2, 0.25) is 0 Å². The van der Waals surface area contributed by atoms with Gasteiger partial charge in [-0.3, -0.25) is 0 Å². The van der Waals surface area contributed by atoms with Crippen molar-refractivity contribution in [2.24, 2.45) is 11.3 Å². The Labute approximate surface area is 168 Å². The zero-order valence-corrected chi connectivity index (χ0v) is 17.5. The third kappa shape index (κ3) is 3.76. The van der Waals surface area contributed by atoms with Crippen LogP contribution >= 0.6 is 0 Å². The molecule has 28 heavy (non-hydrogen) atoms. The summed E-state index contributed by atoms with van der Waals surface area (Å²) >= 11 is 0. The summed E-state index contributed by atoms with van der Waals surface area (Å²) in [6.45, 7) is 9.46. The molecule has 0 spiro atoms. The first-order valence-corrected chi connectivity index (χ1v) is 10.9. The summed E-state index contributed by atoms with van der Waals surface area (Å²) in [6.07, 6.45) is 11.1. The van der Waals surface area contributed by atoms with Crippen molar-refractivity contribution in [3.05, 3.63) is 35.8 Å². The fraction of sp³-hybridized carbons (Fsp3) is 0.625. The first-order chi connectivity index (χ1) is 13.4. The number of hydrogen-bond acceptors (Lipinski definition) is 2. The predicted octanol–water partition coefficient (Wildman–Crippen LogP) is 6.02. The van der Waals surface area contributed by atoms with Crippen molar-refractivity contribution >= 4 is 17.1 Å². The molecule has 0 unspecified atom stereocenters. The van der Waals surface area contributed by atoms with E-state index < -0.39 is 0 Å². The normalized spacial score (nSPS) is 25.3. The minimum atomic E-state index is -0.228. The molecule has 4 heteroatoms. The van der Waals surface area contributed by atoms with Gasteiger partial charge in [0.2, 0.25) is 0 Å². The van der Waals surface area contributed by atoms with Gasteiger partial charge in [0, 0.05) is 54.1 Å². The molecule has 1 aromatic heterocycles. The molecule has 152 valence electrons. The average Bonchev–Trinajstić information content (AvgIpc) is 3.05. The maximum Gasteiger partial charge on any atom is 0.123 e. The molecule has 0 amide bonds. The van der Waals surface area contributed by atoms with Gasteiger partial charge in [0.25, 0.3) is 0 Å². The molecule has 2 fully saturated rings. The molecule has 2 aromatic rings. The van der Waals surface area contributed by atoms with Crippen molar-refractivity contribution in [2.75, 3.05) is 13.1 Å². The number of aromatic nitrogens is 1. The van der Waals surface area contributed by atoms with Crippen molar-refractivity contribution in [2.45, 2.75) is 71.4 Å². The van der Waals surface area contributed by atoms with Crippen molar-refractivity contribution < 1.29 is 4.39 Å². The molecule has 0 bridgehead atoms. The molecule has 1 aromatic carbocycles. The number of halogens is 1. The van der Waals surface area contributed by atoms with Gasteiger partial charge in [-0.2, -0.15) is 0 Å². The molecule has 1 saturated carbocycles. The van der Waals surface area contributed by atoms with Gasteiger partial charge in [0.1, 0.15) is 5.82 Å². The quantitative estimate of drug-likeness (QED) is 0.646. The first kappa shape index (κ1) is 19.6. The van der Waals surface area contributed by atoms with E-state index in [4.69, 9.17) is 5.41 Å². The number of hydrogen-bond donors (Lipinski definition) is 1. The summed E-state index contributed by atoms with van der Waals surface area (Å²) in [6, 6.07) is 6.18. The molecule has 1 saturated heterocycles. The lowest BCUT2D eigenvalue weighted by molar-refractivity contribution is 0.0723. The van der Waals surface area contributed by atoms with Crippen LogP contribution in [0.4, 0.5) is 4.39 Å². The third-order valence-electron chi connectivity index (χ3n) is 7.31. The Bertz CT molecular complexity index is 831. The number of nitrogens with one attached hydrogen (secondary N) is 1. The maximum atomic E-state index is 13.7. The SMILES string of the molecule is CC(C)(C)C1CCC(N2CCC(n3cc(C=N)c4cc(F)ccc43)CC2)CC1. The lowest BCUT2D eigenvalue weighted by Gasteiger charge is -2.43. The molecular weight excluding hydrogens is 349 g/mol. The topological polar surface area (TPSA) is 32.0 Å². The van der Waals surface area contributed by atoms with E-state index in [1.165, 1.54) is 38.0 Å². The third-order valence-corrected chi connectivity index (χ3v) is 7.31. The number of likely N-dealkylation sites (tertiary alicyclic amines) is 1. The standard InChI is InChI=1S/C24H34FN3/c1-24(2,3)18-4-7-20(8-5-18)27-12-10-21(11-13-27)28-16-17(15-26)22-14-19(25)6-9-23(22)28/h6,9,14-16,18,20-21,26H,4-5,7-8,10-13H2,1-3H3. The Kier molecular flexibility index (Phi) is 5.34. The van der Waals surface area contributed by atoms with E-state index in [9.17, 15) is 4.39 Å². The van der Waals surface area contributed by atoms with Crippen LogP contribution in [0.5, 0.6) is 0 Å². The summed E-state index contributed by atoms with van der Waals surface area (Å²) in [5.41, 5.74) is 2.32. The zero-order valence-electron chi connectivity index (χ0n) is 17.5. The minimum Gasteiger partial charge on any atom is -0.344 e. The number of nitrogens with zero attached hydrogens (tertiary/aromatic N) is 2. The minimum absolute atomic E-state index is 0.228. The van der Waals surface area contributed by atoms with E-state index in [-0.39, 0.29) is 5.82 Å². The summed E-state index contributed by atoms with van der Waals surface area (Å²) in [5.74, 6) is 0.640. The molecular formula is C24H34FN3. The van der Waals surface area contributed by atoms with Crippen LogP contribution in [-0.4, -0.2) is 34.8 Å². The second kappa shape index (κ2) is 7.62. The van der Waals surface area contributed by atoms with E-state index in [0.29, 0.717) is 11.5 Å². The van der Waals surface area contributed by atoms with Gasteiger partial charge >= 0.3 is 0 Å². The van der Waals surface area contributed by atoms with Crippen LogP contribution < -0.4 is 0 Å². The van der Waals surface area contributed by atoms with Crippen molar-refractivity contribution in [3.8, 4) is 0 Å². The average molecular weight is 384 g/mol. The molecule has 3 nitrogen and oxygen atoms in total. The van der Waals surface area contributed by atoms with Crippen LogP contribution in [0, 0.1) is 22.6 Å². The van der Waals surface area contributed by atoms with Crippen molar-refractivity contribution in [1.82, 2.24) is 9.47 Å². The summed E-state index contributed by atoms with van der Waals surface area (Å²) in [5, 5.41) is 8.54. The Morgan fingerprint density at radius 3 is 2.29 bits per heavy atom. The fourth-order valence-corrected chi connectivity index (χ4v) is 5.51. The van der Waals surface area contributed by atoms with Gasteiger partial charge < -0.3 is 14.9 Å². The van der Waals surface area contributed by atoms with Gasteiger partial charge in [-0.25, -0.2) is 4.39 Å². The molecule has 0 atom stereocenters. The molecule has 1 aliphatic heterocycles. The van der Waals surface area contributed by atoms with E-state index in [1.54, 1.807) is 6.07 Å². The smallest absolute Gasteiger partial charge is 0.123 e. The van der Waals surface area contributed by atoms with Crippen LogP contribution in [0.25, 0.3) is 10.9 Å². The molecule has 0 radical (unpaired) electrons. The molecule has 1 N–H and O–H groups in total. The summed E-state index contributed by atoms with van der Waals surface area (Å²) in [4.78, 5) is 2.72. The van der Waals surface area contributed by atoms with Crippen molar-refractivity contribution in [3.63, 3.8) is 0 Å². The van der Waals surface area contributed by atoms with Gasteiger partial charge in [0.15, 0.2) is 0 Å². The number of fused-ring (bicyclic) bond motifs is 1. The Morgan fingerprint density at radius 1 is 1.00 bits per heavy atom. The number of piperidine rings is 1. The Balaban J connectivity index is 1.41. The van der Waals surface area contributed by atoms with E-state index in [1.807, 2.05) is 12.3 Å². The summed E-state index contributed by atoms with van der Waals surface area (Å²) < 4.78 is 16.0. The highest BCUT2D eigenvalue weighted by molar-refractivity contribution is 5.98. The number of benzene rings is 1. The highest BCUT2D eigenvalue weighted by Crippen LogP contribution is 2.40. The van der Waals surface area contributed by atoms with Gasteiger partial charge in [-0.05, 0) is 68.1 Å². The van der Waals surface area contributed by atoms with Crippen molar-refractivity contribution in [1.29, 1.82) is 5.41 Å². The highest BCUT2D eigenvalue weighted by Gasteiger charge is 2.33. The van der Waals surface area contributed by atoms with Crippen LogP contribution in [0.1, 0.15) is 70.9 Å². The largest absolute Gasteiger partial charge is 0.344 e. The maximum absolute atomic E-state index is 13.7. The summed E-state index contributed by atoms with van der Waals surface area (Å²) in [7, 11) is 0. The van der Waals surface area contributed by atoms with Crippen LogP contribution in [0.3, 0.4) is 0 Å². The predicted molar refractivity (Wildman–Crippen MR) is 115 cm³/mol. The van der Waals surface area contributed by atoms with Gasteiger partial charge in [-0.15, -0.1) is 0 Å².